The fourth-order valence-electron chi connectivity index (χ4n) is 1.14. The van der Waals surface area contributed by atoms with Crippen molar-refractivity contribution in [1.82, 2.24) is 20.2 Å². The van der Waals surface area contributed by atoms with E-state index in [2.05, 4.69) is 20.2 Å². The summed E-state index contributed by atoms with van der Waals surface area (Å²) in [6.45, 7) is 0. The normalized spacial score (nSPS) is 11.7. The van der Waals surface area contributed by atoms with Gasteiger partial charge in [-0.2, -0.15) is 13.2 Å². The number of nitrogen functional groups attached to an aromatic ring is 1. The maximum atomic E-state index is 12.6. The third-order valence-electron chi connectivity index (χ3n) is 1.95. The molecule has 0 spiro atoms. The lowest BCUT2D eigenvalue weighted by molar-refractivity contribution is -0.145. The fourth-order valence-corrected chi connectivity index (χ4v) is 2.86. The summed E-state index contributed by atoms with van der Waals surface area (Å²) in [4.78, 5) is 8.34. The smallest absolute Gasteiger partial charge is 0.384 e. The third-order valence-corrected chi connectivity index (χ3v) is 4.01. The molecule has 0 saturated carbocycles. The van der Waals surface area contributed by atoms with E-state index >= 15 is 0 Å². The molecule has 0 saturated heterocycles. The standard InChI is InChI=1S/C9H9F3N6S2/c1-18(2)7-16-17-8(20-7)19-5-3-4(13)14-6(15-5)9(10,11)12/h3H,1-2H3,(H2,13,14,15). The Labute approximate surface area is 120 Å². The van der Waals surface area contributed by atoms with E-state index in [9.17, 15) is 13.2 Å². The van der Waals surface area contributed by atoms with Crippen molar-refractivity contribution in [3.05, 3.63) is 11.9 Å². The van der Waals surface area contributed by atoms with Crippen LogP contribution in [-0.4, -0.2) is 34.3 Å². The van der Waals surface area contributed by atoms with Crippen LogP contribution in [0.25, 0.3) is 0 Å². The van der Waals surface area contributed by atoms with Gasteiger partial charge in [-0.25, -0.2) is 9.97 Å². The maximum absolute atomic E-state index is 12.6. The summed E-state index contributed by atoms with van der Waals surface area (Å²) in [5.74, 6) is -1.51. The van der Waals surface area contributed by atoms with Gasteiger partial charge < -0.3 is 10.6 Å². The van der Waals surface area contributed by atoms with E-state index in [4.69, 9.17) is 5.73 Å². The zero-order chi connectivity index (χ0) is 14.9. The molecule has 11 heteroatoms. The molecule has 0 unspecified atom stereocenters. The van der Waals surface area contributed by atoms with Crippen LogP contribution < -0.4 is 10.6 Å². The van der Waals surface area contributed by atoms with Gasteiger partial charge in [0.2, 0.25) is 11.0 Å². The molecule has 2 aromatic rings. The maximum Gasteiger partial charge on any atom is 0.451 e. The third kappa shape index (κ3) is 3.48. The number of anilines is 2. The fraction of sp³-hybridized carbons (Fsp3) is 0.333. The molecule has 0 amide bonds. The van der Waals surface area contributed by atoms with E-state index in [0.29, 0.717) is 9.47 Å². The number of aromatic nitrogens is 4. The van der Waals surface area contributed by atoms with E-state index in [0.717, 1.165) is 11.8 Å². The Morgan fingerprint density at radius 2 is 1.95 bits per heavy atom. The highest BCUT2D eigenvalue weighted by Crippen LogP contribution is 2.34. The van der Waals surface area contributed by atoms with Crippen LogP contribution >= 0.6 is 23.1 Å². The van der Waals surface area contributed by atoms with Crippen LogP contribution in [0.3, 0.4) is 0 Å². The minimum absolute atomic E-state index is 0.0753. The Morgan fingerprint density at radius 3 is 2.50 bits per heavy atom. The van der Waals surface area contributed by atoms with Gasteiger partial charge >= 0.3 is 6.18 Å². The Bertz CT molecular complexity index is 612. The number of alkyl halides is 3. The molecule has 0 radical (unpaired) electrons. The number of nitrogens with zero attached hydrogens (tertiary/aromatic N) is 5. The second kappa shape index (κ2) is 5.40. The molecular formula is C9H9F3N6S2. The highest BCUT2D eigenvalue weighted by molar-refractivity contribution is 8.01. The van der Waals surface area contributed by atoms with Gasteiger partial charge in [0.1, 0.15) is 10.8 Å². The molecule has 0 aliphatic heterocycles. The average Bonchev–Trinajstić information content (AvgIpc) is 2.75. The molecule has 2 N–H and O–H groups in total. The van der Waals surface area contributed by atoms with Gasteiger partial charge in [0.25, 0.3) is 0 Å². The summed E-state index contributed by atoms with van der Waals surface area (Å²) in [6, 6.07) is 1.26. The molecule has 0 atom stereocenters. The van der Waals surface area contributed by atoms with E-state index in [-0.39, 0.29) is 10.8 Å². The van der Waals surface area contributed by atoms with Gasteiger partial charge in [0.05, 0.1) is 0 Å². The summed E-state index contributed by atoms with van der Waals surface area (Å²) in [5, 5.41) is 8.46. The topological polar surface area (TPSA) is 80.8 Å². The summed E-state index contributed by atoms with van der Waals surface area (Å²) in [7, 11) is 3.58. The first-order valence-corrected chi connectivity index (χ1v) is 6.79. The zero-order valence-corrected chi connectivity index (χ0v) is 12.0. The summed E-state index contributed by atoms with van der Waals surface area (Å²) in [5.41, 5.74) is 5.36. The van der Waals surface area contributed by atoms with E-state index in [1.165, 1.54) is 17.4 Å². The van der Waals surface area contributed by atoms with Crippen LogP contribution in [0.2, 0.25) is 0 Å². The second-order valence-corrected chi connectivity index (χ2v) is 6.02. The van der Waals surface area contributed by atoms with Crippen molar-refractivity contribution in [2.24, 2.45) is 0 Å². The van der Waals surface area contributed by atoms with Crippen molar-refractivity contribution in [2.45, 2.75) is 15.5 Å². The van der Waals surface area contributed by atoms with Gasteiger partial charge in [-0.1, -0.05) is 11.3 Å². The predicted octanol–water partition coefficient (Wildman–Crippen LogP) is 2.15. The Kier molecular flexibility index (Phi) is 3.99. The molecule has 0 bridgehead atoms. The Hall–Kier alpha value is -1.62. The monoisotopic (exact) mass is 322 g/mol. The quantitative estimate of drug-likeness (QED) is 0.867. The lowest BCUT2D eigenvalue weighted by Gasteiger charge is -2.07. The van der Waals surface area contributed by atoms with E-state index in [1.54, 1.807) is 19.0 Å². The predicted molar refractivity (Wildman–Crippen MR) is 69.8 cm³/mol. The van der Waals surface area contributed by atoms with Crippen LogP contribution in [0, 0.1) is 0 Å². The Balaban J connectivity index is 2.26. The van der Waals surface area contributed by atoms with Gasteiger partial charge in [0.15, 0.2) is 4.34 Å². The van der Waals surface area contributed by atoms with Gasteiger partial charge in [-0.05, 0) is 11.8 Å². The first kappa shape index (κ1) is 14.8. The molecule has 6 nitrogen and oxygen atoms in total. The molecule has 0 aliphatic carbocycles. The van der Waals surface area contributed by atoms with Crippen molar-refractivity contribution in [3.63, 3.8) is 0 Å². The number of hydrogen-bond acceptors (Lipinski definition) is 8. The zero-order valence-electron chi connectivity index (χ0n) is 10.3. The van der Waals surface area contributed by atoms with Crippen molar-refractivity contribution >= 4 is 34.0 Å². The minimum Gasteiger partial charge on any atom is -0.384 e. The van der Waals surface area contributed by atoms with Crippen LogP contribution in [0.5, 0.6) is 0 Å². The van der Waals surface area contributed by atoms with Crippen LogP contribution in [-0.2, 0) is 6.18 Å². The summed E-state index contributed by atoms with van der Waals surface area (Å²) < 4.78 is 38.2. The van der Waals surface area contributed by atoms with Crippen molar-refractivity contribution in [2.75, 3.05) is 24.7 Å². The van der Waals surface area contributed by atoms with Crippen molar-refractivity contribution in [1.29, 1.82) is 0 Å². The lowest BCUT2D eigenvalue weighted by atomic mass is 10.5. The molecule has 2 rings (SSSR count). The summed E-state index contributed by atoms with van der Waals surface area (Å²) in [6.07, 6.45) is -4.64. The molecule has 0 fully saturated rings. The van der Waals surface area contributed by atoms with Gasteiger partial charge in [-0.15, -0.1) is 10.2 Å². The van der Waals surface area contributed by atoms with Crippen LogP contribution in [0.1, 0.15) is 5.82 Å². The molecule has 20 heavy (non-hydrogen) atoms. The van der Waals surface area contributed by atoms with Crippen LogP contribution in [0.15, 0.2) is 15.4 Å². The van der Waals surface area contributed by atoms with Gasteiger partial charge in [0, 0.05) is 20.2 Å². The lowest BCUT2D eigenvalue weighted by Crippen LogP contribution is -2.12. The summed E-state index contributed by atoms with van der Waals surface area (Å²) >= 11 is 2.20. The minimum atomic E-state index is -4.64. The highest BCUT2D eigenvalue weighted by Gasteiger charge is 2.35. The molecule has 2 heterocycles. The molecule has 108 valence electrons. The van der Waals surface area contributed by atoms with Gasteiger partial charge in [-0.3, -0.25) is 0 Å². The average molecular weight is 322 g/mol. The molecular weight excluding hydrogens is 313 g/mol. The van der Waals surface area contributed by atoms with Crippen molar-refractivity contribution in [3.8, 4) is 0 Å². The number of rotatable bonds is 3. The van der Waals surface area contributed by atoms with Crippen LogP contribution in [0.4, 0.5) is 24.1 Å². The van der Waals surface area contributed by atoms with E-state index < -0.39 is 12.0 Å². The molecule has 0 aliphatic rings. The first-order chi connectivity index (χ1) is 9.25. The number of nitrogens with two attached hydrogens (primary N) is 1. The first-order valence-electron chi connectivity index (χ1n) is 5.16. The Morgan fingerprint density at radius 1 is 1.25 bits per heavy atom. The highest BCUT2D eigenvalue weighted by atomic mass is 32.2. The molecule has 2 aromatic heterocycles. The second-order valence-electron chi connectivity index (χ2n) is 3.80. The number of hydrogen-bond donors (Lipinski definition) is 1. The number of halogens is 3. The molecule has 0 aromatic carbocycles. The van der Waals surface area contributed by atoms with E-state index in [1.807, 2.05) is 0 Å². The van der Waals surface area contributed by atoms with Crippen molar-refractivity contribution < 1.29 is 13.2 Å². The SMILES string of the molecule is CN(C)c1nnc(Sc2cc(N)nc(C(F)(F)F)n2)s1. The largest absolute Gasteiger partial charge is 0.451 e.